The molecule has 1 fully saturated rings. The van der Waals surface area contributed by atoms with E-state index in [2.05, 4.69) is 12.2 Å². The van der Waals surface area contributed by atoms with Gasteiger partial charge in [-0.3, -0.25) is 9.59 Å². The minimum atomic E-state index is -0.514. The summed E-state index contributed by atoms with van der Waals surface area (Å²) in [6.45, 7) is 10.7. The molecule has 6 nitrogen and oxygen atoms in total. The van der Waals surface area contributed by atoms with Crippen LogP contribution in [0.4, 0.5) is 0 Å². The third kappa shape index (κ3) is 4.58. The molecule has 0 aromatic carbocycles. The van der Waals surface area contributed by atoms with Crippen LogP contribution in [0.25, 0.3) is 0 Å². The van der Waals surface area contributed by atoms with Crippen molar-refractivity contribution in [1.82, 2.24) is 10.2 Å². The number of nitrogens with zero attached hydrogens (tertiary/aromatic N) is 1. The molecule has 1 atom stereocenters. The molecule has 1 aliphatic heterocycles. The first-order valence-electron chi connectivity index (χ1n) is 8.49. The minimum Gasteiger partial charge on any atom is -0.459 e. The Labute approximate surface area is 137 Å². The molecular weight excluding hydrogens is 294 g/mol. The number of furan rings is 1. The Morgan fingerprint density at radius 2 is 2.04 bits per heavy atom. The molecule has 0 bridgehead atoms. The molecule has 0 radical (unpaired) electrons. The highest BCUT2D eigenvalue weighted by Crippen LogP contribution is 2.09. The third-order valence-corrected chi connectivity index (χ3v) is 4.35. The molecule has 1 aromatic heterocycles. The quantitative estimate of drug-likeness (QED) is 0.785. The Morgan fingerprint density at radius 3 is 2.57 bits per heavy atom. The van der Waals surface area contributed by atoms with Crippen molar-refractivity contribution in [1.29, 1.82) is 0 Å². The van der Waals surface area contributed by atoms with Crippen LogP contribution in [-0.4, -0.2) is 55.5 Å². The van der Waals surface area contributed by atoms with Gasteiger partial charge in [-0.2, -0.15) is 0 Å². The molecule has 2 heterocycles. The standard InChI is InChI=1S/C17H27N3O3/c1-4-7-19-8-10-20(11-9-19)17(22)15(13(2)3)18-16(21)14-6-5-12-23-14/h5-6,12-13,15H,4,7-11H2,1-3H3,(H,18,21)/p+1/t15-/m0/s1. The molecular formula is C17H28N3O3+. The summed E-state index contributed by atoms with van der Waals surface area (Å²) in [4.78, 5) is 28.4. The minimum absolute atomic E-state index is 0.00968. The topological polar surface area (TPSA) is 67.0 Å². The van der Waals surface area contributed by atoms with Gasteiger partial charge >= 0.3 is 0 Å². The van der Waals surface area contributed by atoms with Crippen LogP contribution in [0.15, 0.2) is 22.8 Å². The van der Waals surface area contributed by atoms with Gasteiger partial charge in [0.05, 0.1) is 39.0 Å². The lowest BCUT2D eigenvalue weighted by atomic mass is 10.0. The van der Waals surface area contributed by atoms with Gasteiger partial charge in [-0.1, -0.05) is 20.8 Å². The van der Waals surface area contributed by atoms with Crippen LogP contribution < -0.4 is 10.2 Å². The third-order valence-electron chi connectivity index (χ3n) is 4.35. The maximum atomic E-state index is 12.8. The summed E-state index contributed by atoms with van der Waals surface area (Å²) in [7, 11) is 0. The van der Waals surface area contributed by atoms with Crippen molar-refractivity contribution < 1.29 is 18.9 Å². The molecule has 2 rings (SSSR count). The normalized spacial score (nSPS) is 17.3. The van der Waals surface area contributed by atoms with Crippen molar-refractivity contribution in [3.63, 3.8) is 0 Å². The number of amides is 2. The molecule has 1 aromatic rings. The predicted octanol–water partition coefficient (Wildman–Crippen LogP) is 0.171. The average molecular weight is 322 g/mol. The van der Waals surface area contributed by atoms with Crippen LogP contribution in [0.3, 0.4) is 0 Å². The smallest absolute Gasteiger partial charge is 0.287 e. The number of carbonyl (C=O) groups excluding carboxylic acids is 2. The summed E-state index contributed by atoms with van der Waals surface area (Å²) < 4.78 is 5.10. The summed E-state index contributed by atoms with van der Waals surface area (Å²) >= 11 is 0. The van der Waals surface area contributed by atoms with E-state index < -0.39 is 6.04 Å². The molecule has 1 saturated heterocycles. The number of piperazine rings is 1. The van der Waals surface area contributed by atoms with Crippen molar-refractivity contribution in [2.75, 3.05) is 32.7 Å². The van der Waals surface area contributed by atoms with E-state index in [0.29, 0.717) is 0 Å². The summed E-state index contributed by atoms with van der Waals surface area (Å²) in [5, 5.41) is 2.82. The molecule has 6 heteroatoms. The van der Waals surface area contributed by atoms with Crippen molar-refractivity contribution >= 4 is 11.8 Å². The lowest BCUT2D eigenvalue weighted by Crippen LogP contribution is -3.14. The van der Waals surface area contributed by atoms with Crippen LogP contribution in [0.1, 0.15) is 37.7 Å². The predicted molar refractivity (Wildman–Crippen MR) is 87.2 cm³/mol. The zero-order chi connectivity index (χ0) is 16.8. The van der Waals surface area contributed by atoms with E-state index in [4.69, 9.17) is 4.42 Å². The fraction of sp³-hybridized carbons (Fsp3) is 0.647. The number of nitrogens with one attached hydrogen (secondary N) is 2. The first-order valence-corrected chi connectivity index (χ1v) is 8.49. The van der Waals surface area contributed by atoms with Crippen LogP contribution in [0.5, 0.6) is 0 Å². The van der Waals surface area contributed by atoms with Crippen LogP contribution in [-0.2, 0) is 4.79 Å². The number of hydrogen-bond donors (Lipinski definition) is 2. The highest BCUT2D eigenvalue weighted by atomic mass is 16.3. The maximum absolute atomic E-state index is 12.8. The van der Waals surface area contributed by atoms with Gasteiger partial charge in [0.2, 0.25) is 5.91 Å². The van der Waals surface area contributed by atoms with Gasteiger partial charge in [0.1, 0.15) is 6.04 Å². The molecule has 0 saturated carbocycles. The van der Waals surface area contributed by atoms with Gasteiger partial charge < -0.3 is 19.5 Å². The van der Waals surface area contributed by atoms with Crippen LogP contribution in [0.2, 0.25) is 0 Å². The molecule has 0 aliphatic carbocycles. The monoisotopic (exact) mass is 322 g/mol. The Hall–Kier alpha value is -1.82. The second-order valence-corrected chi connectivity index (χ2v) is 6.50. The largest absolute Gasteiger partial charge is 0.459 e. The fourth-order valence-electron chi connectivity index (χ4n) is 2.98. The second kappa shape index (κ2) is 8.15. The van der Waals surface area contributed by atoms with E-state index in [9.17, 15) is 9.59 Å². The van der Waals surface area contributed by atoms with Crippen molar-refractivity contribution in [3.05, 3.63) is 24.2 Å². The lowest BCUT2D eigenvalue weighted by molar-refractivity contribution is -0.904. The number of hydrogen-bond acceptors (Lipinski definition) is 3. The molecule has 128 valence electrons. The number of rotatable bonds is 6. The summed E-state index contributed by atoms with van der Waals surface area (Å²) in [5.74, 6) is -0.0594. The lowest BCUT2D eigenvalue weighted by Gasteiger charge is -2.35. The van der Waals surface area contributed by atoms with Crippen molar-refractivity contribution in [3.8, 4) is 0 Å². The first kappa shape index (κ1) is 17.5. The summed E-state index contributed by atoms with van der Waals surface area (Å²) in [6, 6.07) is 2.75. The van der Waals surface area contributed by atoms with E-state index in [-0.39, 0.29) is 23.5 Å². The van der Waals surface area contributed by atoms with E-state index in [0.717, 1.165) is 39.1 Å². The molecule has 2 N–H and O–H groups in total. The highest BCUT2D eigenvalue weighted by Gasteiger charge is 2.32. The van der Waals surface area contributed by atoms with Crippen LogP contribution >= 0.6 is 0 Å². The SMILES string of the molecule is CCC[NH+]1CCN(C(=O)[C@@H](NC(=O)c2ccco2)C(C)C)CC1. The zero-order valence-electron chi connectivity index (χ0n) is 14.3. The second-order valence-electron chi connectivity index (χ2n) is 6.50. The number of quaternary nitrogens is 1. The molecule has 0 unspecified atom stereocenters. The Morgan fingerprint density at radius 1 is 1.35 bits per heavy atom. The molecule has 23 heavy (non-hydrogen) atoms. The Bertz CT molecular complexity index is 505. The molecule has 2 amide bonds. The zero-order valence-corrected chi connectivity index (χ0v) is 14.3. The average Bonchev–Trinajstić information content (AvgIpc) is 3.07. The van der Waals surface area contributed by atoms with Crippen molar-refractivity contribution in [2.24, 2.45) is 5.92 Å². The number of carbonyl (C=O) groups is 2. The van der Waals surface area contributed by atoms with Crippen molar-refractivity contribution in [2.45, 2.75) is 33.2 Å². The molecule has 1 aliphatic rings. The van der Waals surface area contributed by atoms with Gasteiger partial charge in [-0.05, 0) is 24.5 Å². The van der Waals surface area contributed by atoms with Gasteiger partial charge in [-0.25, -0.2) is 0 Å². The Kier molecular flexibility index (Phi) is 6.21. The van der Waals surface area contributed by atoms with E-state index in [1.807, 2.05) is 18.7 Å². The van der Waals surface area contributed by atoms with E-state index >= 15 is 0 Å². The van der Waals surface area contributed by atoms with Gasteiger partial charge in [0.25, 0.3) is 5.91 Å². The summed E-state index contributed by atoms with van der Waals surface area (Å²) in [6.07, 6.45) is 2.62. The molecule has 0 spiro atoms. The van der Waals surface area contributed by atoms with Gasteiger partial charge in [0, 0.05) is 0 Å². The van der Waals surface area contributed by atoms with E-state index in [1.165, 1.54) is 6.26 Å². The fourth-order valence-corrected chi connectivity index (χ4v) is 2.98. The Balaban J connectivity index is 1.95. The van der Waals surface area contributed by atoms with Gasteiger partial charge in [-0.15, -0.1) is 0 Å². The van der Waals surface area contributed by atoms with Crippen LogP contribution in [0, 0.1) is 5.92 Å². The highest BCUT2D eigenvalue weighted by molar-refractivity contribution is 5.95. The summed E-state index contributed by atoms with van der Waals surface area (Å²) in [5.41, 5.74) is 0. The van der Waals surface area contributed by atoms with Gasteiger partial charge in [0.15, 0.2) is 5.76 Å². The van der Waals surface area contributed by atoms with E-state index in [1.54, 1.807) is 17.0 Å². The maximum Gasteiger partial charge on any atom is 0.287 e. The first-order chi connectivity index (χ1) is 11.0.